The fourth-order valence-electron chi connectivity index (χ4n) is 5.02. The number of ether oxygens (including phenoxy) is 1. The molecule has 3 aliphatic heterocycles. The highest BCUT2D eigenvalue weighted by Gasteiger charge is 2.28. The summed E-state index contributed by atoms with van der Waals surface area (Å²) in [5, 5.41) is 28.1. The van der Waals surface area contributed by atoms with Crippen LogP contribution in [-0.4, -0.2) is 48.6 Å². The maximum absolute atomic E-state index is 13.3. The minimum absolute atomic E-state index is 0.0681. The predicted molar refractivity (Wildman–Crippen MR) is 160 cm³/mol. The molecule has 0 fully saturated rings. The molecule has 0 saturated carbocycles. The summed E-state index contributed by atoms with van der Waals surface area (Å²) in [6.45, 7) is 3.00. The second-order valence-electron chi connectivity index (χ2n) is 9.89. The Morgan fingerprint density at radius 1 is 0.977 bits per heavy atom. The number of hydrogen-bond donors (Lipinski definition) is 4. The fourth-order valence-corrected chi connectivity index (χ4v) is 5.02. The molecule has 0 radical (unpaired) electrons. The highest BCUT2D eigenvalue weighted by molar-refractivity contribution is 6.08. The van der Waals surface area contributed by atoms with Crippen molar-refractivity contribution in [3.8, 4) is 22.8 Å². The molecule has 44 heavy (non-hydrogen) atoms. The van der Waals surface area contributed by atoms with E-state index in [4.69, 9.17) is 14.9 Å². The van der Waals surface area contributed by atoms with Crippen LogP contribution >= 0.6 is 0 Å². The first-order valence-corrected chi connectivity index (χ1v) is 13.3. The second-order valence-corrected chi connectivity index (χ2v) is 9.89. The summed E-state index contributed by atoms with van der Waals surface area (Å²) < 4.78 is 6.31. The monoisotopic (exact) mass is 592 g/mol. The molecule has 4 N–H and O–H groups in total. The Bertz CT molecular complexity index is 2190. The smallest absolute Gasteiger partial charge is 0.335 e. The van der Waals surface area contributed by atoms with Gasteiger partial charge in [-0.3, -0.25) is 14.4 Å². The van der Waals surface area contributed by atoms with E-state index in [2.05, 4.69) is 20.2 Å². The summed E-state index contributed by atoms with van der Waals surface area (Å²) in [5.41, 5.74) is 2.75. The average Bonchev–Trinajstić information content (AvgIpc) is 3.53. The number of H-pyrrole nitrogens is 2. The number of aromatic amines is 2. The van der Waals surface area contributed by atoms with Gasteiger partial charge in [-0.25, -0.2) is 4.79 Å². The number of carbonyl (C=O) groups excluding carboxylic acids is 1. The van der Waals surface area contributed by atoms with Crippen molar-refractivity contribution in [2.24, 2.45) is 5.10 Å². The lowest BCUT2D eigenvalue weighted by Crippen LogP contribution is -2.38. The SMILES string of the molecule is Cc1c(/C=C/C=c2/c(C)c3c([nH]c2=O)=NN(c2ccc(C(=O)O)cc2)C3=O)c[nH]c2nn(-c3ccc(OCO)cc3)c(=O)c1-2. The molecule has 0 aliphatic carbocycles. The van der Waals surface area contributed by atoms with Crippen molar-refractivity contribution in [2.45, 2.75) is 13.8 Å². The number of hydrogen-bond acceptors (Lipinski definition) is 8. The highest BCUT2D eigenvalue weighted by atomic mass is 16.6. The molecule has 4 heterocycles. The van der Waals surface area contributed by atoms with Gasteiger partial charge in [0.25, 0.3) is 17.0 Å². The van der Waals surface area contributed by atoms with Crippen LogP contribution in [0.15, 0.2) is 75.5 Å². The number of allylic oxidation sites excluding steroid dienone is 1. The Labute approximate surface area is 247 Å². The quantitative estimate of drug-likeness (QED) is 0.206. The molecule has 0 saturated heterocycles. The van der Waals surface area contributed by atoms with E-state index >= 15 is 0 Å². The molecule has 1 amide bonds. The molecular formula is C31H24N6O7. The van der Waals surface area contributed by atoms with Gasteiger partial charge in [0.15, 0.2) is 18.1 Å². The standard InChI is InChI=1S/C31H24N6O7/c1-16-19(14-32-26-24(16)29(40)36(34-26)21-10-12-22(13-11-21)44-15-38)4-3-5-23-17(2)25-27(33-28(23)39)35-37(30(25)41)20-8-6-18(7-9-20)31(42)43/h3-14,38H,15H2,1-2H3,(H,32,34)(H,42,43)(H,33,35,39)/b4-3+,23-5-. The summed E-state index contributed by atoms with van der Waals surface area (Å²) in [4.78, 5) is 56.3. The van der Waals surface area contributed by atoms with Gasteiger partial charge in [-0.15, -0.1) is 10.2 Å². The van der Waals surface area contributed by atoms with Crippen LogP contribution in [0.4, 0.5) is 5.69 Å². The number of nitrogens with zero attached hydrogens (tertiary/aromatic N) is 4. The van der Waals surface area contributed by atoms with E-state index in [1.54, 1.807) is 62.5 Å². The number of aliphatic hydroxyl groups is 1. The van der Waals surface area contributed by atoms with Crippen LogP contribution in [0.5, 0.6) is 5.75 Å². The predicted octanol–water partition coefficient (Wildman–Crippen LogP) is 1.69. The van der Waals surface area contributed by atoms with E-state index in [-0.39, 0.29) is 27.4 Å². The van der Waals surface area contributed by atoms with Gasteiger partial charge in [0.2, 0.25) is 0 Å². The van der Waals surface area contributed by atoms with Crippen LogP contribution in [0.1, 0.15) is 37.4 Å². The number of fused-ring (bicyclic) bond motifs is 2. The number of pyridine rings is 2. The molecule has 13 nitrogen and oxygen atoms in total. The summed E-state index contributed by atoms with van der Waals surface area (Å²) in [6.07, 6.45) is 6.66. The maximum Gasteiger partial charge on any atom is 0.335 e. The number of nitrogens with one attached hydrogen (secondary N) is 2. The zero-order valence-corrected chi connectivity index (χ0v) is 23.4. The zero-order valence-electron chi connectivity index (χ0n) is 23.4. The maximum atomic E-state index is 13.3. The first-order chi connectivity index (χ1) is 21.2. The normalized spacial score (nSPS) is 13.1. The van der Waals surface area contributed by atoms with Crippen LogP contribution < -0.4 is 31.6 Å². The number of aliphatic hydroxyl groups excluding tert-OH is 1. The number of carboxylic acids is 1. The van der Waals surface area contributed by atoms with Gasteiger partial charge >= 0.3 is 5.97 Å². The van der Waals surface area contributed by atoms with Crippen molar-refractivity contribution in [1.82, 2.24) is 19.7 Å². The van der Waals surface area contributed by atoms with Crippen LogP contribution in [-0.2, 0) is 0 Å². The minimum Gasteiger partial charge on any atom is -0.478 e. The van der Waals surface area contributed by atoms with Gasteiger partial charge in [-0.1, -0.05) is 12.2 Å². The molecule has 3 aliphatic rings. The molecule has 2 aromatic carbocycles. The Hall–Kier alpha value is -6.08. The van der Waals surface area contributed by atoms with Crippen LogP contribution in [0.3, 0.4) is 0 Å². The lowest BCUT2D eigenvalue weighted by atomic mass is 10.0. The molecule has 6 rings (SSSR count). The van der Waals surface area contributed by atoms with Gasteiger partial charge < -0.3 is 24.9 Å². The Morgan fingerprint density at radius 2 is 1.68 bits per heavy atom. The largest absolute Gasteiger partial charge is 0.478 e. The van der Waals surface area contributed by atoms with Gasteiger partial charge in [0.05, 0.1) is 28.1 Å². The number of aromatic carboxylic acids is 1. The second kappa shape index (κ2) is 11.0. The van der Waals surface area contributed by atoms with Crippen molar-refractivity contribution < 1.29 is 24.5 Å². The molecule has 0 bridgehead atoms. The molecule has 0 atom stereocenters. The number of benzene rings is 2. The number of rotatable bonds is 7. The molecule has 220 valence electrons. The van der Waals surface area contributed by atoms with Crippen LogP contribution in [0.2, 0.25) is 0 Å². The average molecular weight is 593 g/mol. The first kappa shape index (κ1) is 28.1. The third-order valence-electron chi connectivity index (χ3n) is 7.32. The van der Waals surface area contributed by atoms with Crippen LogP contribution in [0.25, 0.3) is 29.2 Å². The van der Waals surface area contributed by atoms with E-state index < -0.39 is 24.2 Å². The fraction of sp³-hybridized carbons (Fsp3) is 0.0968. The van der Waals surface area contributed by atoms with Crippen LogP contribution in [0, 0.1) is 13.8 Å². The number of carboxylic acid groups (broad SMARTS) is 1. The van der Waals surface area contributed by atoms with Gasteiger partial charge in [0, 0.05) is 11.4 Å². The molecule has 1 aromatic heterocycles. The lowest BCUT2D eigenvalue weighted by molar-refractivity contribution is 0.0696. The van der Waals surface area contributed by atoms with Crippen molar-refractivity contribution in [3.05, 3.63) is 120 Å². The zero-order chi connectivity index (χ0) is 31.1. The molecule has 0 spiro atoms. The number of carbonyl (C=O) groups is 2. The third kappa shape index (κ3) is 4.76. The van der Waals surface area contributed by atoms with Gasteiger partial charge in [-0.05, 0) is 85.1 Å². The number of anilines is 1. The van der Waals surface area contributed by atoms with Crippen molar-refractivity contribution in [2.75, 3.05) is 11.8 Å². The first-order valence-electron chi connectivity index (χ1n) is 13.3. The van der Waals surface area contributed by atoms with Crippen molar-refractivity contribution in [3.63, 3.8) is 0 Å². The topological polar surface area (TPSA) is 183 Å². The van der Waals surface area contributed by atoms with Crippen molar-refractivity contribution in [1.29, 1.82) is 0 Å². The number of aromatic nitrogens is 4. The third-order valence-corrected chi connectivity index (χ3v) is 7.32. The lowest BCUT2D eigenvalue weighted by Gasteiger charge is -2.12. The van der Waals surface area contributed by atoms with E-state index in [1.807, 2.05) is 0 Å². The molecule has 13 heteroatoms. The van der Waals surface area contributed by atoms with Crippen molar-refractivity contribution >= 4 is 29.7 Å². The van der Waals surface area contributed by atoms with E-state index in [0.29, 0.717) is 45.2 Å². The Balaban J connectivity index is 1.31. The minimum atomic E-state index is -1.09. The summed E-state index contributed by atoms with van der Waals surface area (Å²) in [5.74, 6) is -0.694. The molecule has 3 aromatic rings. The number of amides is 1. The van der Waals surface area contributed by atoms with E-state index in [9.17, 15) is 19.2 Å². The summed E-state index contributed by atoms with van der Waals surface area (Å²) in [7, 11) is 0. The van der Waals surface area contributed by atoms with Gasteiger partial charge in [0.1, 0.15) is 5.75 Å². The Kier molecular flexibility index (Phi) is 6.99. The molecule has 0 unspecified atom stereocenters. The van der Waals surface area contributed by atoms with E-state index in [0.717, 1.165) is 5.01 Å². The Morgan fingerprint density at radius 3 is 2.36 bits per heavy atom. The highest BCUT2D eigenvalue weighted by Crippen LogP contribution is 2.24. The van der Waals surface area contributed by atoms with E-state index in [1.165, 1.54) is 28.9 Å². The summed E-state index contributed by atoms with van der Waals surface area (Å²) >= 11 is 0. The molecular weight excluding hydrogens is 568 g/mol. The van der Waals surface area contributed by atoms with Gasteiger partial charge in [-0.2, -0.15) is 9.69 Å². The summed E-state index contributed by atoms with van der Waals surface area (Å²) in [6, 6.07) is 12.2.